The van der Waals surface area contributed by atoms with Crippen LogP contribution in [0.25, 0.3) is 77.8 Å². The molecule has 3 aromatic heterocycles. The highest BCUT2D eigenvalue weighted by atomic mass is 15.1. The minimum atomic E-state index is -0.290. The van der Waals surface area contributed by atoms with Crippen LogP contribution in [-0.2, 0) is 5.41 Å². The Labute approximate surface area is 272 Å². The monoisotopic (exact) mass is 602 g/mol. The zero-order chi connectivity index (χ0) is 31.3. The van der Waals surface area contributed by atoms with Crippen molar-refractivity contribution in [1.82, 2.24) is 19.1 Å². The van der Waals surface area contributed by atoms with E-state index in [4.69, 9.17) is 9.97 Å². The lowest BCUT2D eigenvalue weighted by molar-refractivity contribution is 0.650. The number of rotatable bonds is 3. The second kappa shape index (κ2) is 9.51. The molecule has 4 heteroatoms. The third-order valence-electron chi connectivity index (χ3n) is 10.1. The second-order valence-corrected chi connectivity index (χ2v) is 13.0. The molecule has 1 aliphatic rings. The molecule has 3 heterocycles. The number of hydrogen-bond acceptors (Lipinski definition) is 2. The van der Waals surface area contributed by atoms with Gasteiger partial charge >= 0.3 is 0 Å². The van der Waals surface area contributed by atoms with Gasteiger partial charge in [0.15, 0.2) is 5.82 Å². The summed E-state index contributed by atoms with van der Waals surface area (Å²) in [4.78, 5) is 10.8. The third kappa shape index (κ3) is 3.53. The molecule has 6 aromatic carbocycles. The van der Waals surface area contributed by atoms with E-state index >= 15 is 0 Å². The second-order valence-electron chi connectivity index (χ2n) is 13.0. The van der Waals surface area contributed by atoms with Crippen LogP contribution in [0.5, 0.6) is 0 Å². The van der Waals surface area contributed by atoms with Gasteiger partial charge in [-0.05, 0) is 42.0 Å². The first-order chi connectivity index (χ1) is 23.1. The highest BCUT2D eigenvalue weighted by Gasteiger charge is 2.41. The highest BCUT2D eigenvalue weighted by Crippen LogP contribution is 2.51. The molecule has 0 aliphatic heterocycles. The Kier molecular flexibility index (Phi) is 5.31. The molecule has 0 amide bonds. The summed E-state index contributed by atoms with van der Waals surface area (Å²) < 4.78 is 4.80. The molecule has 0 saturated carbocycles. The number of benzene rings is 6. The number of nitrogens with zero attached hydrogens (tertiary/aromatic N) is 4. The van der Waals surface area contributed by atoms with Crippen molar-refractivity contribution in [3.63, 3.8) is 0 Å². The van der Waals surface area contributed by atoms with Crippen LogP contribution in [0.3, 0.4) is 0 Å². The zero-order valence-electron chi connectivity index (χ0n) is 26.1. The lowest BCUT2D eigenvalue weighted by Gasteiger charge is -2.24. The predicted octanol–water partition coefficient (Wildman–Crippen LogP) is 10.6. The zero-order valence-corrected chi connectivity index (χ0v) is 26.1. The van der Waals surface area contributed by atoms with Crippen molar-refractivity contribution in [2.24, 2.45) is 0 Å². The molecule has 0 saturated heterocycles. The summed E-state index contributed by atoms with van der Waals surface area (Å²) >= 11 is 0. The summed E-state index contributed by atoms with van der Waals surface area (Å²) in [6.45, 7) is 4.62. The first kappa shape index (κ1) is 26.2. The maximum absolute atomic E-state index is 5.48. The fraction of sp³-hybridized carbons (Fsp3) is 0.0698. The van der Waals surface area contributed by atoms with Crippen LogP contribution in [0.1, 0.15) is 25.0 Å². The Balaban J connectivity index is 1.39. The molecule has 4 nitrogen and oxygen atoms in total. The Bertz CT molecular complexity index is 2700. The van der Waals surface area contributed by atoms with E-state index in [-0.39, 0.29) is 5.41 Å². The summed E-state index contributed by atoms with van der Waals surface area (Å²) in [5, 5.41) is 4.95. The van der Waals surface area contributed by atoms with Gasteiger partial charge in [-0.3, -0.25) is 4.57 Å². The molecule has 10 rings (SSSR count). The third-order valence-corrected chi connectivity index (χ3v) is 10.1. The van der Waals surface area contributed by atoms with E-state index in [1.54, 1.807) is 0 Å². The molecule has 1 aliphatic carbocycles. The smallest absolute Gasteiger partial charge is 0.162 e. The summed E-state index contributed by atoms with van der Waals surface area (Å²) in [6.07, 6.45) is 0. The average molecular weight is 603 g/mol. The molecule has 0 unspecified atom stereocenters. The van der Waals surface area contributed by atoms with Gasteiger partial charge in [0.2, 0.25) is 0 Å². The van der Waals surface area contributed by atoms with Crippen molar-refractivity contribution < 1.29 is 0 Å². The van der Waals surface area contributed by atoms with E-state index in [0.717, 1.165) is 45.2 Å². The van der Waals surface area contributed by atoms with Crippen LogP contribution in [0.4, 0.5) is 0 Å². The Morgan fingerprint density at radius 3 is 1.74 bits per heavy atom. The van der Waals surface area contributed by atoms with Crippen molar-refractivity contribution in [3.8, 4) is 34.2 Å². The van der Waals surface area contributed by atoms with Gasteiger partial charge in [-0.2, -0.15) is 0 Å². The molecule has 0 radical (unpaired) electrons. The maximum Gasteiger partial charge on any atom is 0.162 e. The van der Waals surface area contributed by atoms with Crippen LogP contribution in [0, 0.1) is 0 Å². The molecule has 0 bridgehead atoms. The van der Waals surface area contributed by atoms with E-state index in [1.807, 2.05) is 6.07 Å². The van der Waals surface area contributed by atoms with Crippen molar-refractivity contribution in [3.05, 3.63) is 157 Å². The quantitative estimate of drug-likeness (QED) is 0.202. The van der Waals surface area contributed by atoms with Gasteiger partial charge in [0.25, 0.3) is 0 Å². The van der Waals surface area contributed by atoms with E-state index in [2.05, 4.69) is 163 Å². The lowest BCUT2D eigenvalue weighted by atomic mass is 9.82. The van der Waals surface area contributed by atoms with Gasteiger partial charge in [-0.25, -0.2) is 9.97 Å². The van der Waals surface area contributed by atoms with E-state index in [0.29, 0.717) is 0 Å². The summed E-state index contributed by atoms with van der Waals surface area (Å²) in [7, 11) is 0. The molecule has 0 spiro atoms. The fourth-order valence-corrected chi connectivity index (χ4v) is 8.07. The number of fused-ring (bicyclic) bond motifs is 10. The fourth-order valence-electron chi connectivity index (χ4n) is 8.07. The Morgan fingerprint density at radius 1 is 0.489 bits per heavy atom. The van der Waals surface area contributed by atoms with Crippen LogP contribution < -0.4 is 0 Å². The van der Waals surface area contributed by atoms with Crippen molar-refractivity contribution in [2.45, 2.75) is 19.3 Å². The normalized spacial score (nSPS) is 13.5. The predicted molar refractivity (Wildman–Crippen MR) is 194 cm³/mol. The Morgan fingerprint density at radius 2 is 1.04 bits per heavy atom. The number of hydrogen-bond donors (Lipinski definition) is 0. The first-order valence-corrected chi connectivity index (χ1v) is 16.2. The topological polar surface area (TPSA) is 35.6 Å². The largest absolute Gasteiger partial charge is 0.309 e. The summed E-state index contributed by atoms with van der Waals surface area (Å²) in [5.74, 6) is 1.67. The number of aromatic nitrogens is 4. The standard InChI is InChI=1S/C43H30N4/c1-43(2)32-22-12-9-19-29(32)40-39(43)42(45-41(44-40)27-15-5-3-6-16-27)47-34-24-14-11-21-31(34)38-36(47)26-25-35-37(38)30-20-10-13-23-33(30)46(35)28-17-7-4-8-18-28/h3-26H,1-2H3. The highest BCUT2D eigenvalue weighted by molar-refractivity contribution is 6.28. The van der Waals surface area contributed by atoms with E-state index in [1.165, 1.54) is 43.7 Å². The SMILES string of the molecule is CC1(C)c2ccccc2-c2nc(-c3ccccc3)nc(-n3c4ccccc4c4c5c6ccccc6n(-c6ccccc6)c5ccc43)c21. The molecule has 47 heavy (non-hydrogen) atoms. The molecule has 9 aromatic rings. The maximum atomic E-state index is 5.48. The van der Waals surface area contributed by atoms with Crippen LogP contribution in [0.2, 0.25) is 0 Å². The molecular formula is C43H30N4. The minimum absolute atomic E-state index is 0.290. The van der Waals surface area contributed by atoms with Gasteiger partial charge in [0, 0.05) is 49.3 Å². The average Bonchev–Trinajstić information content (AvgIpc) is 3.72. The molecule has 222 valence electrons. The van der Waals surface area contributed by atoms with Crippen molar-refractivity contribution in [1.29, 1.82) is 0 Å². The van der Waals surface area contributed by atoms with E-state index < -0.39 is 0 Å². The van der Waals surface area contributed by atoms with Gasteiger partial charge < -0.3 is 4.57 Å². The molecule has 0 N–H and O–H groups in total. The first-order valence-electron chi connectivity index (χ1n) is 16.2. The lowest BCUT2D eigenvalue weighted by Crippen LogP contribution is -2.19. The van der Waals surface area contributed by atoms with Crippen LogP contribution in [0.15, 0.2) is 146 Å². The molecule has 0 atom stereocenters. The molecular weight excluding hydrogens is 573 g/mol. The van der Waals surface area contributed by atoms with Gasteiger partial charge in [-0.15, -0.1) is 0 Å². The van der Waals surface area contributed by atoms with Gasteiger partial charge in [-0.1, -0.05) is 123 Å². The summed E-state index contributed by atoms with van der Waals surface area (Å²) in [6, 6.07) is 51.9. The minimum Gasteiger partial charge on any atom is -0.309 e. The molecule has 0 fully saturated rings. The number of para-hydroxylation sites is 3. The van der Waals surface area contributed by atoms with E-state index in [9.17, 15) is 0 Å². The van der Waals surface area contributed by atoms with Gasteiger partial charge in [0.05, 0.1) is 27.8 Å². The van der Waals surface area contributed by atoms with Crippen LogP contribution >= 0.6 is 0 Å². The summed E-state index contributed by atoms with van der Waals surface area (Å²) in [5.41, 5.74) is 11.2. The Hall–Kier alpha value is -6.00. The van der Waals surface area contributed by atoms with Crippen molar-refractivity contribution >= 4 is 43.6 Å². The van der Waals surface area contributed by atoms with Crippen molar-refractivity contribution in [2.75, 3.05) is 0 Å². The van der Waals surface area contributed by atoms with Gasteiger partial charge in [0.1, 0.15) is 5.82 Å². The van der Waals surface area contributed by atoms with Crippen LogP contribution in [-0.4, -0.2) is 19.1 Å².